The topological polar surface area (TPSA) is 64.4 Å². The second kappa shape index (κ2) is 12.1. The van der Waals surface area contributed by atoms with Crippen molar-refractivity contribution in [2.75, 3.05) is 13.2 Å². The van der Waals surface area contributed by atoms with E-state index in [0.29, 0.717) is 37.6 Å². The van der Waals surface area contributed by atoms with Gasteiger partial charge in [0.2, 0.25) is 0 Å². The highest BCUT2D eigenvalue weighted by Gasteiger charge is 2.38. The number of nitrogens with zero attached hydrogens (tertiary/aromatic N) is 3. The van der Waals surface area contributed by atoms with E-state index in [0.717, 1.165) is 35.3 Å². The van der Waals surface area contributed by atoms with E-state index >= 15 is 0 Å². The molecule has 6 nitrogen and oxygen atoms in total. The third kappa shape index (κ3) is 6.10. The molecule has 2 heterocycles. The Balaban J connectivity index is 1.35. The van der Waals surface area contributed by atoms with Gasteiger partial charge < -0.3 is 9.30 Å². The molecule has 0 N–H and O–H groups in total. The van der Waals surface area contributed by atoms with Crippen LogP contribution in [0.4, 0.5) is 0 Å². The minimum Gasteiger partial charge on any atom is -0.466 e. The molecule has 37 heavy (non-hydrogen) atoms. The number of hydrogen-bond donors (Lipinski definition) is 0. The summed E-state index contributed by atoms with van der Waals surface area (Å²) >= 11 is 0. The standard InChI is InChI=1S/C31H45N3O3/c1-3-37-30(35)16-9-14-28-31(36)34(29-15-5-4-13-27(29)32-28)22(2)18-25-12-6-7-17-33(25)26-20-23-10-8-11-24(19-23)21-26/h4-5,13,15,22-26H,3,6-12,14,16-21H2,1-2H3. The van der Waals surface area contributed by atoms with E-state index in [-0.39, 0.29) is 17.6 Å². The SMILES string of the molecule is CCOC(=O)CCCc1nc2ccccc2n(C(C)CC2CCCCN2C2CC3CCCC(C3)C2)c1=O. The zero-order valence-electron chi connectivity index (χ0n) is 22.9. The van der Waals surface area contributed by atoms with Gasteiger partial charge in [-0.2, -0.15) is 0 Å². The van der Waals surface area contributed by atoms with Crippen molar-refractivity contribution in [2.45, 2.75) is 115 Å². The number of likely N-dealkylation sites (tertiary alicyclic amines) is 1. The van der Waals surface area contributed by atoms with E-state index in [2.05, 4.69) is 11.8 Å². The highest BCUT2D eigenvalue weighted by atomic mass is 16.5. The monoisotopic (exact) mass is 507 g/mol. The molecular weight excluding hydrogens is 462 g/mol. The van der Waals surface area contributed by atoms with Gasteiger partial charge in [0.25, 0.3) is 5.56 Å². The number of aromatic nitrogens is 2. The predicted molar refractivity (Wildman–Crippen MR) is 148 cm³/mol. The van der Waals surface area contributed by atoms with E-state index in [9.17, 15) is 9.59 Å². The maximum absolute atomic E-state index is 13.8. The Bertz CT molecular complexity index is 1120. The smallest absolute Gasteiger partial charge is 0.305 e. The number of carbonyl (C=O) groups is 1. The molecule has 4 unspecified atom stereocenters. The molecule has 5 rings (SSSR count). The lowest BCUT2D eigenvalue weighted by molar-refractivity contribution is -0.143. The highest BCUT2D eigenvalue weighted by Crippen LogP contribution is 2.43. The molecular formula is C31H45N3O3. The molecule has 2 aromatic rings. The molecule has 3 fully saturated rings. The van der Waals surface area contributed by atoms with Crippen molar-refractivity contribution < 1.29 is 9.53 Å². The normalized spacial score (nSPS) is 27.2. The molecule has 0 spiro atoms. The molecule has 202 valence electrons. The van der Waals surface area contributed by atoms with Gasteiger partial charge in [0.15, 0.2) is 0 Å². The quantitative estimate of drug-likeness (QED) is 0.386. The van der Waals surface area contributed by atoms with Crippen molar-refractivity contribution in [1.82, 2.24) is 14.5 Å². The van der Waals surface area contributed by atoms with Crippen LogP contribution in [0.1, 0.15) is 103 Å². The summed E-state index contributed by atoms with van der Waals surface area (Å²) in [6.45, 7) is 5.64. The lowest BCUT2D eigenvalue weighted by Crippen LogP contribution is -2.50. The van der Waals surface area contributed by atoms with Crippen LogP contribution < -0.4 is 5.56 Å². The molecule has 1 aromatic heterocycles. The van der Waals surface area contributed by atoms with Crippen LogP contribution in [0, 0.1) is 11.8 Å². The van der Waals surface area contributed by atoms with Gasteiger partial charge in [-0.3, -0.25) is 14.5 Å². The first-order valence-corrected chi connectivity index (χ1v) is 14.9. The average Bonchev–Trinajstić information content (AvgIpc) is 2.89. The number of piperidine rings is 1. The Morgan fingerprint density at radius 3 is 2.65 bits per heavy atom. The summed E-state index contributed by atoms with van der Waals surface area (Å²) in [7, 11) is 0. The second-order valence-corrected chi connectivity index (χ2v) is 11.9. The number of rotatable bonds is 9. The maximum Gasteiger partial charge on any atom is 0.305 e. The van der Waals surface area contributed by atoms with Gasteiger partial charge in [0, 0.05) is 24.5 Å². The Kier molecular flexibility index (Phi) is 8.63. The summed E-state index contributed by atoms with van der Waals surface area (Å²) in [5.41, 5.74) is 2.35. The summed E-state index contributed by atoms with van der Waals surface area (Å²) < 4.78 is 7.07. The average molecular weight is 508 g/mol. The van der Waals surface area contributed by atoms with E-state index in [1.54, 1.807) is 0 Å². The molecule has 2 bridgehead atoms. The van der Waals surface area contributed by atoms with Gasteiger partial charge >= 0.3 is 5.97 Å². The molecule has 3 aliphatic rings. The lowest BCUT2D eigenvalue weighted by atomic mass is 9.69. The van der Waals surface area contributed by atoms with Gasteiger partial charge in [-0.1, -0.05) is 37.8 Å². The number of ether oxygens (including phenoxy) is 1. The minimum atomic E-state index is -0.207. The van der Waals surface area contributed by atoms with Crippen LogP contribution in [0.5, 0.6) is 0 Å². The first-order chi connectivity index (χ1) is 18.0. The maximum atomic E-state index is 13.8. The van der Waals surface area contributed by atoms with Gasteiger partial charge in [-0.15, -0.1) is 0 Å². The fourth-order valence-electron chi connectivity index (χ4n) is 7.66. The first kappa shape index (κ1) is 26.4. The largest absolute Gasteiger partial charge is 0.466 e. The van der Waals surface area contributed by atoms with E-state index in [1.165, 1.54) is 64.3 Å². The van der Waals surface area contributed by atoms with Crippen LogP contribution in [0.25, 0.3) is 11.0 Å². The first-order valence-electron chi connectivity index (χ1n) is 14.9. The summed E-state index contributed by atoms with van der Waals surface area (Å²) in [5.74, 6) is 1.66. The Labute approximate surface area is 221 Å². The number of benzene rings is 1. The van der Waals surface area contributed by atoms with Crippen LogP contribution in [0.15, 0.2) is 29.1 Å². The second-order valence-electron chi connectivity index (χ2n) is 11.9. The van der Waals surface area contributed by atoms with Crippen LogP contribution in [0.3, 0.4) is 0 Å². The van der Waals surface area contributed by atoms with Gasteiger partial charge in [0.1, 0.15) is 5.69 Å². The number of para-hydroxylation sites is 2. The van der Waals surface area contributed by atoms with Crippen LogP contribution >= 0.6 is 0 Å². The summed E-state index contributed by atoms with van der Waals surface area (Å²) in [6, 6.07) is 9.38. The third-order valence-corrected chi connectivity index (χ3v) is 9.26. The third-order valence-electron chi connectivity index (χ3n) is 9.26. The van der Waals surface area contributed by atoms with E-state index in [1.807, 2.05) is 35.8 Å². The molecule has 6 heteroatoms. The van der Waals surface area contributed by atoms with Crippen molar-refractivity contribution >= 4 is 17.0 Å². The Hall–Kier alpha value is -2.21. The molecule has 0 radical (unpaired) electrons. The zero-order valence-corrected chi connectivity index (χ0v) is 22.9. The lowest BCUT2D eigenvalue weighted by Gasteiger charge is -2.48. The zero-order chi connectivity index (χ0) is 25.8. The molecule has 1 saturated heterocycles. The van der Waals surface area contributed by atoms with Crippen LogP contribution in [0.2, 0.25) is 0 Å². The molecule has 0 amide bonds. The Morgan fingerprint density at radius 2 is 1.86 bits per heavy atom. The summed E-state index contributed by atoms with van der Waals surface area (Å²) in [5, 5.41) is 0. The molecule has 1 aromatic carbocycles. The minimum absolute atomic E-state index is 0.00427. The molecule has 2 aliphatic carbocycles. The van der Waals surface area contributed by atoms with E-state index in [4.69, 9.17) is 9.72 Å². The number of aryl methyl sites for hydroxylation is 1. The van der Waals surface area contributed by atoms with Crippen molar-refractivity contribution in [3.05, 3.63) is 40.3 Å². The van der Waals surface area contributed by atoms with Crippen LogP contribution in [-0.4, -0.2) is 45.7 Å². The molecule has 2 saturated carbocycles. The molecule has 1 aliphatic heterocycles. The molecule has 4 atom stereocenters. The number of carbonyl (C=O) groups excluding carboxylic acids is 1. The Morgan fingerprint density at radius 1 is 1.08 bits per heavy atom. The number of esters is 1. The van der Waals surface area contributed by atoms with Crippen molar-refractivity contribution in [3.63, 3.8) is 0 Å². The van der Waals surface area contributed by atoms with Gasteiger partial charge in [-0.05, 0) is 95.7 Å². The number of hydrogen-bond acceptors (Lipinski definition) is 5. The van der Waals surface area contributed by atoms with Crippen molar-refractivity contribution in [1.29, 1.82) is 0 Å². The number of fused-ring (bicyclic) bond motifs is 3. The van der Waals surface area contributed by atoms with Crippen molar-refractivity contribution in [3.8, 4) is 0 Å². The van der Waals surface area contributed by atoms with Crippen molar-refractivity contribution in [2.24, 2.45) is 11.8 Å². The summed E-state index contributed by atoms with van der Waals surface area (Å²) in [4.78, 5) is 33.2. The predicted octanol–water partition coefficient (Wildman–Crippen LogP) is 6.06. The van der Waals surface area contributed by atoms with Gasteiger partial charge in [-0.25, -0.2) is 4.98 Å². The fourth-order valence-corrected chi connectivity index (χ4v) is 7.66. The van der Waals surface area contributed by atoms with E-state index < -0.39 is 0 Å². The van der Waals surface area contributed by atoms with Crippen LogP contribution in [-0.2, 0) is 16.0 Å². The summed E-state index contributed by atoms with van der Waals surface area (Å²) in [6.07, 6.45) is 14.7. The highest BCUT2D eigenvalue weighted by molar-refractivity contribution is 5.74. The van der Waals surface area contributed by atoms with Gasteiger partial charge in [0.05, 0.1) is 17.6 Å². The fraction of sp³-hybridized carbons (Fsp3) is 0.710.